The minimum atomic E-state index is 0.837. The lowest BCUT2D eigenvalue weighted by molar-refractivity contribution is 0.715. The third-order valence-corrected chi connectivity index (χ3v) is 3.96. The molecule has 3 nitrogen and oxygen atoms in total. The number of halogens is 1. The Kier molecular flexibility index (Phi) is 4.30. The summed E-state index contributed by atoms with van der Waals surface area (Å²) < 4.78 is 3.21. The Labute approximate surface area is 123 Å². The third kappa shape index (κ3) is 3.00. The van der Waals surface area contributed by atoms with E-state index in [9.17, 15) is 0 Å². The van der Waals surface area contributed by atoms with Gasteiger partial charge in [-0.1, -0.05) is 0 Å². The first-order valence-electron chi connectivity index (χ1n) is 6.55. The lowest BCUT2D eigenvalue weighted by Gasteiger charge is -2.10. The summed E-state index contributed by atoms with van der Waals surface area (Å²) in [6, 6.07) is 6.28. The van der Waals surface area contributed by atoms with Crippen LogP contribution in [0.2, 0.25) is 0 Å². The minimum absolute atomic E-state index is 0.837. The van der Waals surface area contributed by atoms with Gasteiger partial charge in [-0.05, 0) is 67.4 Å². The molecule has 0 saturated heterocycles. The lowest BCUT2D eigenvalue weighted by Crippen LogP contribution is -2.04. The van der Waals surface area contributed by atoms with E-state index in [1.165, 1.54) is 17.0 Å². The van der Waals surface area contributed by atoms with Crippen LogP contribution in [0.5, 0.6) is 0 Å². The smallest absolute Gasteiger partial charge is 0.106 e. The van der Waals surface area contributed by atoms with Crippen molar-refractivity contribution in [3.05, 3.63) is 45.4 Å². The zero-order chi connectivity index (χ0) is 14.0. The highest BCUT2D eigenvalue weighted by Crippen LogP contribution is 2.19. The molecule has 0 spiro atoms. The molecule has 2 heterocycles. The average molecular weight is 322 g/mol. The molecule has 0 amide bonds. The second kappa shape index (κ2) is 5.78. The SMILES string of the molecule is CCn1c(C)cc(CNc2ccc(Br)nc2C)c1C. The highest BCUT2D eigenvalue weighted by molar-refractivity contribution is 9.10. The second-order valence-corrected chi connectivity index (χ2v) is 5.57. The zero-order valence-electron chi connectivity index (χ0n) is 11.9. The predicted molar refractivity (Wildman–Crippen MR) is 83.6 cm³/mol. The van der Waals surface area contributed by atoms with E-state index in [0.29, 0.717) is 0 Å². The standard InChI is InChI=1S/C15H20BrN3/c1-5-19-10(2)8-13(12(19)4)9-17-14-6-7-15(16)18-11(14)3/h6-8,17H,5,9H2,1-4H3. The number of hydrogen-bond donors (Lipinski definition) is 1. The molecule has 102 valence electrons. The Morgan fingerprint density at radius 3 is 2.58 bits per heavy atom. The maximum Gasteiger partial charge on any atom is 0.106 e. The molecule has 0 atom stereocenters. The monoisotopic (exact) mass is 321 g/mol. The van der Waals surface area contributed by atoms with Crippen molar-refractivity contribution in [1.82, 2.24) is 9.55 Å². The fourth-order valence-electron chi connectivity index (χ4n) is 2.45. The molecule has 4 heteroatoms. The molecule has 1 N–H and O–H groups in total. The molecule has 2 aromatic heterocycles. The van der Waals surface area contributed by atoms with E-state index in [-0.39, 0.29) is 0 Å². The second-order valence-electron chi connectivity index (χ2n) is 4.76. The number of aromatic nitrogens is 2. The average Bonchev–Trinajstić information content (AvgIpc) is 2.63. The fraction of sp³-hybridized carbons (Fsp3) is 0.400. The van der Waals surface area contributed by atoms with Crippen molar-refractivity contribution >= 4 is 21.6 Å². The van der Waals surface area contributed by atoms with Crippen LogP contribution in [-0.4, -0.2) is 9.55 Å². The molecular formula is C15H20BrN3. The summed E-state index contributed by atoms with van der Waals surface area (Å²) in [6.07, 6.45) is 0. The number of rotatable bonds is 4. The van der Waals surface area contributed by atoms with Crippen molar-refractivity contribution in [2.45, 2.75) is 40.8 Å². The van der Waals surface area contributed by atoms with Crippen LogP contribution in [0.1, 0.15) is 29.6 Å². The molecule has 0 aliphatic rings. The van der Waals surface area contributed by atoms with E-state index in [1.54, 1.807) is 0 Å². The zero-order valence-corrected chi connectivity index (χ0v) is 13.5. The highest BCUT2D eigenvalue weighted by Gasteiger charge is 2.08. The van der Waals surface area contributed by atoms with Crippen LogP contribution in [0.4, 0.5) is 5.69 Å². The molecule has 0 radical (unpaired) electrons. The summed E-state index contributed by atoms with van der Waals surface area (Å²) in [5, 5.41) is 3.47. The van der Waals surface area contributed by atoms with Crippen molar-refractivity contribution in [2.75, 3.05) is 5.32 Å². The number of nitrogens with one attached hydrogen (secondary N) is 1. The number of aryl methyl sites for hydroxylation is 2. The van der Waals surface area contributed by atoms with Crippen molar-refractivity contribution in [3.8, 4) is 0 Å². The summed E-state index contributed by atoms with van der Waals surface area (Å²) >= 11 is 3.38. The molecule has 0 aliphatic carbocycles. The summed E-state index contributed by atoms with van der Waals surface area (Å²) in [5.41, 5.74) is 6.11. The maximum absolute atomic E-state index is 4.40. The van der Waals surface area contributed by atoms with Gasteiger partial charge in [0.1, 0.15) is 4.60 Å². The Hall–Kier alpha value is -1.29. The van der Waals surface area contributed by atoms with Gasteiger partial charge in [-0.15, -0.1) is 0 Å². The number of anilines is 1. The van der Waals surface area contributed by atoms with Crippen LogP contribution in [0.3, 0.4) is 0 Å². The van der Waals surface area contributed by atoms with Crippen LogP contribution in [0.15, 0.2) is 22.8 Å². The van der Waals surface area contributed by atoms with Crippen LogP contribution in [-0.2, 0) is 13.1 Å². The van der Waals surface area contributed by atoms with Crippen molar-refractivity contribution in [3.63, 3.8) is 0 Å². The Balaban J connectivity index is 2.14. The van der Waals surface area contributed by atoms with Crippen molar-refractivity contribution in [1.29, 1.82) is 0 Å². The van der Waals surface area contributed by atoms with Gasteiger partial charge in [0.05, 0.1) is 11.4 Å². The normalized spacial score (nSPS) is 10.8. The molecule has 0 aliphatic heterocycles. The first-order valence-corrected chi connectivity index (χ1v) is 7.34. The first-order chi connectivity index (χ1) is 9.02. The van der Waals surface area contributed by atoms with Gasteiger partial charge in [-0.25, -0.2) is 4.98 Å². The molecule has 0 aromatic carbocycles. The van der Waals surface area contributed by atoms with E-state index in [1.807, 2.05) is 13.0 Å². The summed E-state index contributed by atoms with van der Waals surface area (Å²) in [6.45, 7) is 10.4. The largest absolute Gasteiger partial charge is 0.379 e. The van der Waals surface area contributed by atoms with E-state index in [0.717, 1.165) is 29.1 Å². The van der Waals surface area contributed by atoms with E-state index < -0.39 is 0 Å². The highest BCUT2D eigenvalue weighted by atomic mass is 79.9. The van der Waals surface area contributed by atoms with E-state index in [2.05, 4.69) is 63.7 Å². The Morgan fingerprint density at radius 2 is 2.00 bits per heavy atom. The van der Waals surface area contributed by atoms with Gasteiger partial charge in [0.25, 0.3) is 0 Å². The quantitative estimate of drug-likeness (QED) is 0.855. The van der Waals surface area contributed by atoms with Gasteiger partial charge in [-0.3, -0.25) is 0 Å². The van der Waals surface area contributed by atoms with Crippen LogP contribution >= 0.6 is 15.9 Å². The topological polar surface area (TPSA) is 29.9 Å². The van der Waals surface area contributed by atoms with Crippen LogP contribution in [0, 0.1) is 20.8 Å². The van der Waals surface area contributed by atoms with Gasteiger partial charge in [-0.2, -0.15) is 0 Å². The van der Waals surface area contributed by atoms with Gasteiger partial charge < -0.3 is 9.88 Å². The molecule has 0 unspecified atom stereocenters. The summed E-state index contributed by atoms with van der Waals surface area (Å²) in [4.78, 5) is 4.40. The number of hydrogen-bond acceptors (Lipinski definition) is 2. The first kappa shape index (κ1) is 14.1. The van der Waals surface area contributed by atoms with Crippen molar-refractivity contribution in [2.24, 2.45) is 0 Å². The Bertz CT molecular complexity index is 587. The van der Waals surface area contributed by atoms with E-state index >= 15 is 0 Å². The third-order valence-electron chi connectivity index (χ3n) is 3.52. The molecule has 19 heavy (non-hydrogen) atoms. The van der Waals surface area contributed by atoms with Crippen molar-refractivity contribution < 1.29 is 0 Å². The Morgan fingerprint density at radius 1 is 1.26 bits per heavy atom. The van der Waals surface area contributed by atoms with Crippen LogP contribution in [0.25, 0.3) is 0 Å². The molecule has 0 fully saturated rings. The van der Waals surface area contributed by atoms with Crippen LogP contribution < -0.4 is 5.32 Å². The summed E-state index contributed by atoms with van der Waals surface area (Å²) in [5.74, 6) is 0. The van der Waals surface area contributed by atoms with Gasteiger partial charge in [0, 0.05) is 24.5 Å². The van der Waals surface area contributed by atoms with Gasteiger partial charge in [0.15, 0.2) is 0 Å². The van der Waals surface area contributed by atoms with Gasteiger partial charge >= 0.3 is 0 Å². The molecule has 2 aromatic rings. The molecular weight excluding hydrogens is 302 g/mol. The predicted octanol–water partition coefficient (Wildman–Crippen LogP) is 4.20. The fourth-order valence-corrected chi connectivity index (χ4v) is 2.84. The minimum Gasteiger partial charge on any atom is -0.379 e. The molecule has 0 saturated carbocycles. The molecule has 2 rings (SSSR count). The molecule has 0 bridgehead atoms. The maximum atomic E-state index is 4.40. The van der Waals surface area contributed by atoms with Gasteiger partial charge in [0.2, 0.25) is 0 Å². The summed E-state index contributed by atoms with van der Waals surface area (Å²) in [7, 11) is 0. The lowest BCUT2D eigenvalue weighted by atomic mass is 10.2. The number of pyridine rings is 1. The van der Waals surface area contributed by atoms with E-state index in [4.69, 9.17) is 0 Å². The number of nitrogens with zero attached hydrogens (tertiary/aromatic N) is 2.